The van der Waals surface area contributed by atoms with Crippen molar-refractivity contribution in [1.29, 1.82) is 0 Å². The van der Waals surface area contributed by atoms with Gasteiger partial charge in [-0.2, -0.15) is 0 Å². The molecule has 1 saturated carbocycles. The summed E-state index contributed by atoms with van der Waals surface area (Å²) in [6, 6.07) is 4.54. The fourth-order valence-corrected chi connectivity index (χ4v) is 3.16. The van der Waals surface area contributed by atoms with Gasteiger partial charge in [0.1, 0.15) is 5.82 Å². The highest BCUT2D eigenvalue weighted by atomic mass is 35.5. The van der Waals surface area contributed by atoms with E-state index in [1.165, 1.54) is 12.1 Å². The van der Waals surface area contributed by atoms with Gasteiger partial charge >= 0.3 is 0 Å². The van der Waals surface area contributed by atoms with Crippen LogP contribution in [0.3, 0.4) is 0 Å². The summed E-state index contributed by atoms with van der Waals surface area (Å²) < 4.78 is 13.7. The van der Waals surface area contributed by atoms with Crippen LogP contribution in [0.2, 0.25) is 5.02 Å². The first-order chi connectivity index (χ1) is 8.40. The molecule has 0 amide bonds. The molecule has 0 bridgehead atoms. The Labute approximate surface area is 113 Å². The Bertz CT molecular complexity index is 435. The van der Waals surface area contributed by atoms with E-state index in [2.05, 4.69) is 6.92 Å². The smallest absolute Gasteiger partial charge is 0.126 e. The summed E-state index contributed by atoms with van der Waals surface area (Å²) in [5.41, 5.74) is -0.283. The highest BCUT2D eigenvalue weighted by Gasteiger charge is 2.39. The van der Waals surface area contributed by atoms with E-state index in [0.717, 1.165) is 19.3 Å². The van der Waals surface area contributed by atoms with E-state index in [9.17, 15) is 9.50 Å². The number of hydrogen-bond donors (Lipinski definition) is 1. The maximum Gasteiger partial charge on any atom is 0.126 e. The minimum atomic E-state index is -0.802. The standard InChI is InChI=1S/C15H20ClFO/c1-10-3-4-11(2)15(18,8-10)9-12-7-13(16)5-6-14(12)17/h5-7,10-11,18H,3-4,8-9H2,1-2H3. The lowest BCUT2D eigenvalue weighted by molar-refractivity contribution is -0.0565. The fraction of sp³-hybridized carbons (Fsp3) is 0.600. The Kier molecular flexibility index (Phi) is 3.98. The van der Waals surface area contributed by atoms with Gasteiger partial charge in [0, 0.05) is 11.4 Å². The number of aliphatic hydroxyl groups is 1. The summed E-state index contributed by atoms with van der Waals surface area (Å²) in [6.45, 7) is 4.19. The van der Waals surface area contributed by atoms with Crippen LogP contribution in [0, 0.1) is 17.7 Å². The number of benzene rings is 1. The van der Waals surface area contributed by atoms with E-state index in [1.54, 1.807) is 6.07 Å². The zero-order valence-corrected chi connectivity index (χ0v) is 11.7. The van der Waals surface area contributed by atoms with Gasteiger partial charge in [-0.05, 0) is 48.4 Å². The highest BCUT2D eigenvalue weighted by Crippen LogP contribution is 2.39. The molecule has 18 heavy (non-hydrogen) atoms. The molecule has 1 aromatic carbocycles. The van der Waals surface area contributed by atoms with Gasteiger partial charge in [0.15, 0.2) is 0 Å². The van der Waals surface area contributed by atoms with E-state index < -0.39 is 5.60 Å². The Balaban J connectivity index is 2.23. The summed E-state index contributed by atoms with van der Waals surface area (Å²) in [5.74, 6) is 0.416. The van der Waals surface area contributed by atoms with Gasteiger partial charge in [-0.1, -0.05) is 31.9 Å². The van der Waals surface area contributed by atoms with E-state index >= 15 is 0 Å². The normalized spacial score (nSPS) is 32.5. The average Bonchev–Trinajstić information content (AvgIpc) is 2.29. The van der Waals surface area contributed by atoms with Crippen molar-refractivity contribution < 1.29 is 9.50 Å². The predicted octanol–water partition coefficient (Wildman–Crippen LogP) is 4.21. The van der Waals surface area contributed by atoms with Crippen molar-refractivity contribution in [1.82, 2.24) is 0 Å². The average molecular weight is 271 g/mol. The van der Waals surface area contributed by atoms with Crippen molar-refractivity contribution in [2.24, 2.45) is 11.8 Å². The lowest BCUT2D eigenvalue weighted by Crippen LogP contribution is -2.43. The minimum absolute atomic E-state index is 0.201. The lowest BCUT2D eigenvalue weighted by atomic mass is 9.69. The third-order valence-corrected chi connectivity index (χ3v) is 4.45. The minimum Gasteiger partial charge on any atom is -0.389 e. The third kappa shape index (κ3) is 2.86. The van der Waals surface area contributed by atoms with Crippen LogP contribution in [-0.2, 0) is 6.42 Å². The Morgan fingerprint density at radius 3 is 2.83 bits per heavy atom. The second kappa shape index (κ2) is 5.18. The van der Waals surface area contributed by atoms with Gasteiger partial charge < -0.3 is 5.11 Å². The molecule has 0 heterocycles. The first kappa shape index (κ1) is 13.8. The van der Waals surface area contributed by atoms with Crippen molar-refractivity contribution in [3.8, 4) is 0 Å². The van der Waals surface area contributed by atoms with Crippen LogP contribution in [0.4, 0.5) is 4.39 Å². The summed E-state index contributed by atoms with van der Waals surface area (Å²) in [4.78, 5) is 0. The van der Waals surface area contributed by atoms with Gasteiger partial charge in [-0.15, -0.1) is 0 Å². The predicted molar refractivity (Wildman–Crippen MR) is 72.2 cm³/mol. The monoisotopic (exact) mass is 270 g/mol. The molecule has 1 N–H and O–H groups in total. The third-order valence-electron chi connectivity index (χ3n) is 4.22. The molecule has 0 spiro atoms. The second-order valence-corrected chi connectivity index (χ2v) is 6.24. The summed E-state index contributed by atoms with van der Waals surface area (Å²) in [6.07, 6.45) is 3.23. The van der Waals surface area contributed by atoms with Gasteiger partial charge in [-0.3, -0.25) is 0 Å². The summed E-state index contributed by atoms with van der Waals surface area (Å²) in [5, 5.41) is 11.3. The molecule has 0 saturated heterocycles. The van der Waals surface area contributed by atoms with Crippen LogP contribution in [-0.4, -0.2) is 10.7 Å². The van der Waals surface area contributed by atoms with Crippen LogP contribution in [0.25, 0.3) is 0 Å². The zero-order chi connectivity index (χ0) is 13.3. The molecule has 3 heteroatoms. The molecule has 100 valence electrons. The number of rotatable bonds is 2. The quantitative estimate of drug-likeness (QED) is 0.854. The van der Waals surface area contributed by atoms with Crippen LogP contribution in [0.5, 0.6) is 0 Å². The molecule has 1 fully saturated rings. The van der Waals surface area contributed by atoms with Gasteiger partial charge in [0.05, 0.1) is 5.60 Å². The van der Waals surface area contributed by atoms with Crippen LogP contribution >= 0.6 is 11.6 Å². The van der Waals surface area contributed by atoms with Crippen LogP contribution in [0.15, 0.2) is 18.2 Å². The van der Waals surface area contributed by atoms with E-state index in [-0.39, 0.29) is 11.7 Å². The molecule has 0 aromatic heterocycles. The summed E-state index contributed by atoms with van der Waals surface area (Å²) >= 11 is 5.90. The van der Waals surface area contributed by atoms with Gasteiger partial charge in [0.25, 0.3) is 0 Å². The largest absolute Gasteiger partial charge is 0.389 e. The lowest BCUT2D eigenvalue weighted by Gasteiger charge is -2.41. The number of halogens is 2. The molecule has 1 nitrogen and oxygen atoms in total. The molecule has 1 aromatic rings. The Hall–Kier alpha value is -0.600. The molecular weight excluding hydrogens is 251 g/mol. The molecule has 0 radical (unpaired) electrons. The molecule has 1 aliphatic rings. The first-order valence-electron chi connectivity index (χ1n) is 6.57. The highest BCUT2D eigenvalue weighted by molar-refractivity contribution is 6.30. The van der Waals surface area contributed by atoms with E-state index in [0.29, 0.717) is 22.9 Å². The first-order valence-corrected chi connectivity index (χ1v) is 6.95. The SMILES string of the molecule is CC1CCC(C)C(O)(Cc2cc(Cl)ccc2F)C1. The molecule has 3 unspecified atom stereocenters. The van der Waals surface area contributed by atoms with E-state index in [4.69, 9.17) is 11.6 Å². The maximum absolute atomic E-state index is 13.7. The van der Waals surface area contributed by atoms with Crippen LogP contribution in [0.1, 0.15) is 38.7 Å². The van der Waals surface area contributed by atoms with Crippen molar-refractivity contribution in [2.45, 2.75) is 45.1 Å². The van der Waals surface area contributed by atoms with Crippen molar-refractivity contribution in [3.05, 3.63) is 34.6 Å². The number of hydrogen-bond acceptors (Lipinski definition) is 1. The van der Waals surface area contributed by atoms with E-state index in [1.807, 2.05) is 6.92 Å². The zero-order valence-electron chi connectivity index (χ0n) is 10.9. The van der Waals surface area contributed by atoms with Gasteiger partial charge in [0.2, 0.25) is 0 Å². The Morgan fingerprint density at radius 1 is 1.39 bits per heavy atom. The van der Waals surface area contributed by atoms with Crippen molar-refractivity contribution in [2.75, 3.05) is 0 Å². The molecule has 2 rings (SSSR count). The van der Waals surface area contributed by atoms with Crippen LogP contribution < -0.4 is 0 Å². The fourth-order valence-electron chi connectivity index (χ4n) is 2.96. The topological polar surface area (TPSA) is 20.2 Å². The molecule has 0 aliphatic heterocycles. The van der Waals surface area contributed by atoms with Crippen molar-refractivity contribution >= 4 is 11.6 Å². The summed E-state index contributed by atoms with van der Waals surface area (Å²) in [7, 11) is 0. The second-order valence-electron chi connectivity index (χ2n) is 5.80. The molecular formula is C15H20ClFO. The molecule has 3 atom stereocenters. The van der Waals surface area contributed by atoms with Crippen molar-refractivity contribution in [3.63, 3.8) is 0 Å². The van der Waals surface area contributed by atoms with Gasteiger partial charge in [-0.25, -0.2) is 4.39 Å². The Morgan fingerprint density at radius 2 is 2.11 bits per heavy atom. The maximum atomic E-state index is 13.7. The molecule has 1 aliphatic carbocycles.